The summed E-state index contributed by atoms with van der Waals surface area (Å²) in [5, 5.41) is 3.08. The number of methoxy groups -OCH3 is 1. The monoisotopic (exact) mass is 425 g/mol. The van der Waals surface area contributed by atoms with Gasteiger partial charge in [0.1, 0.15) is 11.6 Å². The van der Waals surface area contributed by atoms with Crippen molar-refractivity contribution in [2.75, 3.05) is 25.5 Å². The van der Waals surface area contributed by atoms with E-state index in [1.165, 1.54) is 4.31 Å². The number of rotatable bonds is 6. The van der Waals surface area contributed by atoms with E-state index < -0.39 is 10.0 Å². The van der Waals surface area contributed by atoms with Gasteiger partial charge in [0.25, 0.3) is 0 Å². The molecule has 3 aromatic rings. The van der Waals surface area contributed by atoms with Gasteiger partial charge in [-0.15, -0.1) is 0 Å². The molecule has 1 N–H and O–H groups in total. The van der Waals surface area contributed by atoms with Crippen LogP contribution in [0.5, 0.6) is 5.75 Å². The number of hydrogen-bond acceptors (Lipinski definition) is 7. The lowest BCUT2D eigenvalue weighted by molar-refractivity contribution is 0.312. The molecule has 1 aliphatic rings. The molecule has 1 atom stereocenters. The third-order valence-electron chi connectivity index (χ3n) is 5.08. The van der Waals surface area contributed by atoms with Gasteiger partial charge >= 0.3 is 0 Å². The number of ether oxygens (including phenoxy) is 1. The van der Waals surface area contributed by atoms with E-state index in [2.05, 4.69) is 20.3 Å². The Bertz CT molecular complexity index is 1090. The van der Waals surface area contributed by atoms with Crippen molar-refractivity contribution >= 4 is 21.8 Å². The molecule has 0 spiro atoms. The summed E-state index contributed by atoms with van der Waals surface area (Å²) in [7, 11) is -2.02. The van der Waals surface area contributed by atoms with E-state index in [9.17, 15) is 8.42 Å². The SMILES string of the molecule is COc1ccc(S(=O)(=O)N2CCC[C@H](c3ccnc(Nc4ccccn4)n3)C2)cc1. The fraction of sp³-hybridized carbons (Fsp3) is 0.286. The fourth-order valence-corrected chi connectivity index (χ4v) is 5.03. The van der Waals surface area contributed by atoms with E-state index in [-0.39, 0.29) is 10.8 Å². The maximum atomic E-state index is 13.1. The first-order valence-corrected chi connectivity index (χ1v) is 11.2. The zero-order valence-corrected chi connectivity index (χ0v) is 17.4. The van der Waals surface area contributed by atoms with E-state index in [0.29, 0.717) is 30.6 Å². The second kappa shape index (κ2) is 8.76. The van der Waals surface area contributed by atoms with Crippen molar-refractivity contribution < 1.29 is 13.2 Å². The Morgan fingerprint density at radius 1 is 1.07 bits per heavy atom. The first-order chi connectivity index (χ1) is 14.6. The van der Waals surface area contributed by atoms with Crippen LogP contribution in [0.3, 0.4) is 0 Å². The normalized spacial score (nSPS) is 17.4. The molecule has 3 heterocycles. The Labute approximate surface area is 176 Å². The molecule has 1 aliphatic heterocycles. The predicted octanol–water partition coefficient (Wildman–Crippen LogP) is 3.19. The number of piperidine rings is 1. The molecule has 2 aromatic heterocycles. The molecule has 0 amide bonds. The number of pyridine rings is 1. The number of aromatic nitrogens is 3. The zero-order valence-electron chi connectivity index (χ0n) is 16.6. The van der Waals surface area contributed by atoms with E-state index in [4.69, 9.17) is 4.74 Å². The van der Waals surface area contributed by atoms with Crippen LogP contribution in [-0.2, 0) is 10.0 Å². The number of nitrogens with one attached hydrogen (secondary N) is 1. The molecule has 0 radical (unpaired) electrons. The van der Waals surface area contributed by atoms with Gasteiger partial charge in [0.15, 0.2) is 0 Å². The molecule has 1 aromatic carbocycles. The highest BCUT2D eigenvalue weighted by Crippen LogP contribution is 2.30. The molecule has 1 saturated heterocycles. The maximum absolute atomic E-state index is 13.1. The van der Waals surface area contributed by atoms with E-state index in [0.717, 1.165) is 18.5 Å². The third-order valence-corrected chi connectivity index (χ3v) is 6.96. The lowest BCUT2D eigenvalue weighted by Crippen LogP contribution is -2.39. The number of anilines is 2. The van der Waals surface area contributed by atoms with E-state index >= 15 is 0 Å². The summed E-state index contributed by atoms with van der Waals surface area (Å²) in [6.45, 7) is 0.878. The highest BCUT2D eigenvalue weighted by molar-refractivity contribution is 7.89. The minimum absolute atomic E-state index is 0.000874. The molecule has 1 fully saturated rings. The number of nitrogens with zero attached hydrogens (tertiary/aromatic N) is 4. The van der Waals surface area contributed by atoms with Gasteiger partial charge in [-0.05, 0) is 55.3 Å². The predicted molar refractivity (Wildman–Crippen MR) is 113 cm³/mol. The minimum atomic E-state index is -3.58. The van der Waals surface area contributed by atoms with Gasteiger partial charge in [0.05, 0.1) is 17.7 Å². The van der Waals surface area contributed by atoms with Gasteiger partial charge in [-0.2, -0.15) is 4.31 Å². The van der Waals surface area contributed by atoms with Crippen LogP contribution in [0.1, 0.15) is 24.5 Å². The first kappa shape index (κ1) is 20.2. The standard InChI is InChI=1S/C21H23N5O3S/c1-29-17-7-9-18(10-8-17)30(27,28)26-14-4-5-16(15-26)19-11-13-23-21(24-19)25-20-6-2-3-12-22-20/h2-3,6-13,16H,4-5,14-15H2,1H3,(H,22,23,24,25)/t16-/m0/s1. The summed E-state index contributed by atoms with van der Waals surface area (Å²) in [6.07, 6.45) is 5.02. The van der Waals surface area contributed by atoms with E-state index in [1.54, 1.807) is 43.8 Å². The van der Waals surface area contributed by atoms with Crippen LogP contribution in [0.15, 0.2) is 65.8 Å². The van der Waals surface area contributed by atoms with Crippen LogP contribution in [0.4, 0.5) is 11.8 Å². The molecular weight excluding hydrogens is 402 g/mol. The smallest absolute Gasteiger partial charge is 0.243 e. The van der Waals surface area contributed by atoms with Crippen molar-refractivity contribution in [3.8, 4) is 5.75 Å². The van der Waals surface area contributed by atoms with Crippen LogP contribution >= 0.6 is 0 Å². The number of sulfonamides is 1. The van der Waals surface area contributed by atoms with Gasteiger partial charge in [-0.1, -0.05) is 6.07 Å². The van der Waals surface area contributed by atoms with E-state index in [1.807, 2.05) is 24.3 Å². The van der Waals surface area contributed by atoms with Gasteiger partial charge in [0.2, 0.25) is 16.0 Å². The lowest BCUT2D eigenvalue weighted by Gasteiger charge is -2.31. The van der Waals surface area contributed by atoms with Crippen molar-refractivity contribution in [3.63, 3.8) is 0 Å². The Morgan fingerprint density at radius 3 is 2.63 bits per heavy atom. The van der Waals surface area contributed by atoms with Crippen molar-refractivity contribution in [1.82, 2.24) is 19.3 Å². The van der Waals surface area contributed by atoms with Crippen molar-refractivity contribution in [2.24, 2.45) is 0 Å². The van der Waals surface area contributed by atoms with Crippen molar-refractivity contribution in [3.05, 3.63) is 66.6 Å². The highest BCUT2D eigenvalue weighted by atomic mass is 32.2. The Morgan fingerprint density at radius 2 is 1.90 bits per heavy atom. The highest BCUT2D eigenvalue weighted by Gasteiger charge is 2.31. The first-order valence-electron chi connectivity index (χ1n) is 9.71. The molecule has 0 saturated carbocycles. The molecule has 0 bridgehead atoms. The summed E-state index contributed by atoms with van der Waals surface area (Å²) in [5.41, 5.74) is 0.818. The summed E-state index contributed by atoms with van der Waals surface area (Å²) in [4.78, 5) is 13.3. The fourth-order valence-electron chi connectivity index (χ4n) is 3.51. The summed E-state index contributed by atoms with van der Waals surface area (Å²) >= 11 is 0. The van der Waals surface area contributed by atoms with Crippen molar-refractivity contribution in [2.45, 2.75) is 23.7 Å². The largest absolute Gasteiger partial charge is 0.497 e. The molecule has 0 unspecified atom stereocenters. The molecule has 156 valence electrons. The quantitative estimate of drug-likeness (QED) is 0.648. The lowest BCUT2D eigenvalue weighted by atomic mass is 9.96. The molecule has 0 aliphatic carbocycles. The Hall–Kier alpha value is -3.04. The average Bonchev–Trinajstić information content (AvgIpc) is 2.80. The summed E-state index contributed by atoms with van der Waals surface area (Å²) in [5.74, 6) is 1.72. The molecule has 4 rings (SSSR count). The van der Waals surface area contributed by atoms with Gasteiger partial charge in [-0.3, -0.25) is 0 Å². The van der Waals surface area contributed by atoms with Crippen LogP contribution in [0.25, 0.3) is 0 Å². The maximum Gasteiger partial charge on any atom is 0.243 e. The van der Waals surface area contributed by atoms with Gasteiger partial charge in [-0.25, -0.2) is 23.4 Å². The van der Waals surface area contributed by atoms with Crippen LogP contribution in [-0.4, -0.2) is 47.9 Å². The summed E-state index contributed by atoms with van der Waals surface area (Å²) in [6, 6.07) is 13.9. The second-order valence-corrected chi connectivity index (χ2v) is 8.96. The zero-order chi connectivity index (χ0) is 21.0. The van der Waals surface area contributed by atoms with Crippen LogP contribution in [0.2, 0.25) is 0 Å². The van der Waals surface area contributed by atoms with Crippen LogP contribution in [0, 0.1) is 0 Å². The number of benzene rings is 1. The average molecular weight is 426 g/mol. The topological polar surface area (TPSA) is 97.3 Å². The molecule has 30 heavy (non-hydrogen) atoms. The van der Waals surface area contributed by atoms with Crippen LogP contribution < -0.4 is 10.1 Å². The molecule has 9 heteroatoms. The Kier molecular flexibility index (Phi) is 5.91. The van der Waals surface area contributed by atoms with Gasteiger partial charge in [0, 0.05) is 31.4 Å². The third kappa shape index (κ3) is 4.42. The summed E-state index contributed by atoms with van der Waals surface area (Å²) < 4.78 is 32.9. The Balaban J connectivity index is 1.51. The molecule has 8 nitrogen and oxygen atoms in total. The second-order valence-electron chi connectivity index (χ2n) is 7.02. The molecular formula is C21H23N5O3S. The van der Waals surface area contributed by atoms with Gasteiger partial charge < -0.3 is 10.1 Å². The minimum Gasteiger partial charge on any atom is -0.497 e. The van der Waals surface area contributed by atoms with Crippen molar-refractivity contribution in [1.29, 1.82) is 0 Å². The number of hydrogen-bond donors (Lipinski definition) is 1.